The van der Waals surface area contributed by atoms with E-state index in [1.54, 1.807) is 18.2 Å². The summed E-state index contributed by atoms with van der Waals surface area (Å²) in [6.07, 6.45) is 2.25. The van der Waals surface area contributed by atoms with E-state index in [1.807, 2.05) is 13.0 Å². The van der Waals surface area contributed by atoms with Crippen molar-refractivity contribution < 1.29 is 8.42 Å². The van der Waals surface area contributed by atoms with Crippen molar-refractivity contribution in [2.24, 2.45) is 11.7 Å². The fraction of sp³-hybridized carbons (Fsp3) is 0.500. The minimum Gasteiger partial charge on any atom is -0.324 e. The quantitative estimate of drug-likeness (QED) is 0.834. The van der Waals surface area contributed by atoms with E-state index in [1.165, 1.54) is 0 Å². The molecular formula is C12H18N2O2S. The van der Waals surface area contributed by atoms with Crippen LogP contribution in [0.5, 0.6) is 0 Å². The first-order chi connectivity index (χ1) is 7.99. The maximum atomic E-state index is 12.0. The van der Waals surface area contributed by atoms with E-state index in [9.17, 15) is 8.42 Å². The first kappa shape index (κ1) is 12.5. The molecule has 1 aromatic rings. The van der Waals surface area contributed by atoms with Crippen molar-refractivity contribution in [3.63, 3.8) is 0 Å². The third-order valence-corrected chi connectivity index (χ3v) is 4.37. The minimum atomic E-state index is -3.38. The molecule has 0 spiro atoms. The van der Waals surface area contributed by atoms with Gasteiger partial charge in [-0.15, -0.1) is 0 Å². The summed E-state index contributed by atoms with van der Waals surface area (Å²) in [6, 6.07) is 6.64. The van der Waals surface area contributed by atoms with Crippen molar-refractivity contribution in [1.29, 1.82) is 0 Å². The molecule has 94 valence electrons. The van der Waals surface area contributed by atoms with Crippen LogP contribution in [0.4, 0.5) is 0 Å². The molecule has 3 N–H and O–H groups in total. The normalized spacial score (nSPS) is 18.0. The molecule has 17 heavy (non-hydrogen) atoms. The zero-order chi connectivity index (χ0) is 12.5. The molecule has 2 rings (SSSR count). The van der Waals surface area contributed by atoms with Gasteiger partial charge in [-0.2, -0.15) is 0 Å². The van der Waals surface area contributed by atoms with Crippen LogP contribution >= 0.6 is 0 Å². The number of hydrogen-bond donors (Lipinski definition) is 2. The molecule has 1 saturated carbocycles. The summed E-state index contributed by atoms with van der Waals surface area (Å²) >= 11 is 0. The fourth-order valence-electron chi connectivity index (χ4n) is 1.60. The third-order valence-electron chi connectivity index (χ3n) is 2.95. The summed E-state index contributed by atoms with van der Waals surface area (Å²) in [5.74, 6) is 0.529. The van der Waals surface area contributed by atoms with Gasteiger partial charge in [-0.3, -0.25) is 0 Å². The highest BCUT2D eigenvalue weighted by atomic mass is 32.2. The lowest BCUT2D eigenvalue weighted by Gasteiger charge is -2.09. The van der Waals surface area contributed by atoms with E-state index in [2.05, 4.69) is 4.72 Å². The van der Waals surface area contributed by atoms with Crippen molar-refractivity contribution >= 4 is 10.0 Å². The molecule has 0 heterocycles. The molecule has 1 aliphatic rings. The van der Waals surface area contributed by atoms with E-state index >= 15 is 0 Å². The summed E-state index contributed by atoms with van der Waals surface area (Å²) in [4.78, 5) is 0.299. The number of rotatable bonds is 5. The molecule has 5 heteroatoms. The first-order valence-electron chi connectivity index (χ1n) is 5.84. The molecule has 0 saturated heterocycles. The largest absolute Gasteiger partial charge is 0.324 e. The highest BCUT2D eigenvalue weighted by Gasteiger charge is 2.24. The van der Waals surface area contributed by atoms with Gasteiger partial charge in [0.15, 0.2) is 0 Å². The molecule has 1 aliphatic carbocycles. The third kappa shape index (κ3) is 3.28. The highest BCUT2D eigenvalue weighted by Crippen LogP contribution is 2.28. The maximum Gasteiger partial charge on any atom is 0.240 e. The van der Waals surface area contributed by atoms with Gasteiger partial charge in [0.05, 0.1) is 4.90 Å². The molecule has 1 fully saturated rings. The molecule has 4 nitrogen and oxygen atoms in total. The van der Waals surface area contributed by atoms with Gasteiger partial charge in [-0.05, 0) is 43.4 Å². The topological polar surface area (TPSA) is 72.2 Å². The van der Waals surface area contributed by atoms with Crippen molar-refractivity contribution in [2.45, 2.75) is 30.7 Å². The van der Waals surface area contributed by atoms with E-state index in [0.717, 1.165) is 18.4 Å². The lowest BCUT2D eigenvalue weighted by atomic mass is 10.1. The van der Waals surface area contributed by atoms with Gasteiger partial charge in [0.1, 0.15) is 0 Å². The lowest BCUT2D eigenvalue weighted by Crippen LogP contribution is -2.26. The van der Waals surface area contributed by atoms with Gasteiger partial charge >= 0.3 is 0 Å². The highest BCUT2D eigenvalue weighted by molar-refractivity contribution is 7.89. The van der Waals surface area contributed by atoms with Crippen LogP contribution in [0.2, 0.25) is 0 Å². The van der Waals surface area contributed by atoms with Gasteiger partial charge in [0.25, 0.3) is 0 Å². The SMILES string of the molecule is CC(N)c1cccc(S(=O)(=O)NCC2CC2)c1. The number of nitrogens with one attached hydrogen (secondary N) is 1. The predicted octanol–water partition coefficient (Wildman–Crippen LogP) is 1.39. The van der Waals surface area contributed by atoms with Crippen LogP contribution in [-0.2, 0) is 10.0 Å². The zero-order valence-corrected chi connectivity index (χ0v) is 10.7. The molecule has 1 atom stereocenters. The van der Waals surface area contributed by atoms with Gasteiger partial charge in [0, 0.05) is 12.6 Å². The second-order valence-electron chi connectivity index (χ2n) is 4.66. The molecular weight excluding hydrogens is 236 g/mol. The van der Waals surface area contributed by atoms with Crippen molar-refractivity contribution in [1.82, 2.24) is 4.72 Å². The van der Waals surface area contributed by atoms with E-state index in [-0.39, 0.29) is 6.04 Å². The Morgan fingerprint density at radius 1 is 1.47 bits per heavy atom. The van der Waals surface area contributed by atoms with Crippen LogP contribution in [0, 0.1) is 5.92 Å². The van der Waals surface area contributed by atoms with Crippen LogP contribution in [0.3, 0.4) is 0 Å². The molecule has 0 aliphatic heterocycles. The smallest absolute Gasteiger partial charge is 0.240 e. The van der Waals surface area contributed by atoms with Crippen LogP contribution in [-0.4, -0.2) is 15.0 Å². The summed E-state index contributed by atoms with van der Waals surface area (Å²) in [7, 11) is -3.38. The van der Waals surface area contributed by atoms with Crippen LogP contribution in [0.15, 0.2) is 29.2 Å². The average molecular weight is 254 g/mol. The van der Waals surface area contributed by atoms with Gasteiger partial charge in [-0.25, -0.2) is 13.1 Å². The summed E-state index contributed by atoms with van der Waals surface area (Å²) in [6.45, 7) is 2.38. The molecule has 0 amide bonds. The average Bonchev–Trinajstić information content (AvgIpc) is 3.10. The Bertz CT molecular complexity index is 493. The Morgan fingerprint density at radius 2 is 2.18 bits per heavy atom. The van der Waals surface area contributed by atoms with Crippen molar-refractivity contribution in [3.8, 4) is 0 Å². The van der Waals surface area contributed by atoms with Crippen LogP contribution < -0.4 is 10.5 Å². The second kappa shape index (κ2) is 4.76. The van der Waals surface area contributed by atoms with Crippen LogP contribution in [0.25, 0.3) is 0 Å². The predicted molar refractivity (Wildman–Crippen MR) is 67.0 cm³/mol. The standard InChI is InChI=1S/C12H18N2O2S/c1-9(13)11-3-2-4-12(7-11)17(15,16)14-8-10-5-6-10/h2-4,7,9-10,14H,5-6,8,13H2,1H3. The number of nitrogens with two attached hydrogens (primary N) is 1. The lowest BCUT2D eigenvalue weighted by molar-refractivity contribution is 0.577. The minimum absolute atomic E-state index is 0.159. The fourth-order valence-corrected chi connectivity index (χ4v) is 2.77. The van der Waals surface area contributed by atoms with Crippen molar-refractivity contribution in [3.05, 3.63) is 29.8 Å². The van der Waals surface area contributed by atoms with Gasteiger partial charge < -0.3 is 5.73 Å². The van der Waals surface area contributed by atoms with Gasteiger partial charge in [-0.1, -0.05) is 12.1 Å². The summed E-state index contributed by atoms with van der Waals surface area (Å²) in [5.41, 5.74) is 6.58. The second-order valence-corrected chi connectivity index (χ2v) is 6.42. The summed E-state index contributed by atoms with van der Waals surface area (Å²) in [5, 5.41) is 0. The molecule has 1 aromatic carbocycles. The number of hydrogen-bond acceptors (Lipinski definition) is 3. The van der Waals surface area contributed by atoms with E-state index in [0.29, 0.717) is 17.4 Å². The van der Waals surface area contributed by atoms with E-state index < -0.39 is 10.0 Å². The van der Waals surface area contributed by atoms with E-state index in [4.69, 9.17) is 5.73 Å². The molecule has 1 unspecified atom stereocenters. The van der Waals surface area contributed by atoms with Gasteiger partial charge in [0.2, 0.25) is 10.0 Å². The first-order valence-corrected chi connectivity index (χ1v) is 7.32. The number of sulfonamides is 1. The maximum absolute atomic E-state index is 12.0. The Hall–Kier alpha value is -0.910. The number of benzene rings is 1. The van der Waals surface area contributed by atoms with Crippen molar-refractivity contribution in [2.75, 3.05) is 6.54 Å². The molecule has 0 bridgehead atoms. The monoisotopic (exact) mass is 254 g/mol. The zero-order valence-electron chi connectivity index (χ0n) is 9.89. The summed E-state index contributed by atoms with van der Waals surface area (Å²) < 4.78 is 26.6. The Morgan fingerprint density at radius 3 is 2.76 bits per heavy atom. The Labute approximate surface area is 102 Å². The van der Waals surface area contributed by atoms with Crippen LogP contribution in [0.1, 0.15) is 31.4 Å². The Balaban J connectivity index is 2.16. The molecule has 0 aromatic heterocycles. The Kier molecular flexibility index (Phi) is 3.51. The molecule has 0 radical (unpaired) electrons.